The molecular weight excluding hydrogens is 399 g/mol. The maximum Gasteiger partial charge on any atom is 0.256 e. The predicted octanol–water partition coefficient (Wildman–Crippen LogP) is 4.07. The number of aromatic hydroxyl groups is 1. The third kappa shape index (κ3) is 4.26. The van der Waals surface area contributed by atoms with Crippen molar-refractivity contribution in [1.82, 2.24) is 5.32 Å². The number of benzene rings is 2. The summed E-state index contributed by atoms with van der Waals surface area (Å²) in [6, 6.07) is 10.5. The number of carbonyl (C=O) groups is 1. The minimum absolute atomic E-state index is 0.00304. The van der Waals surface area contributed by atoms with Crippen molar-refractivity contribution in [2.45, 2.75) is 18.9 Å². The number of phenols is 1. The topological polar surface area (TPSA) is 84.1 Å². The van der Waals surface area contributed by atoms with Gasteiger partial charge in [0.05, 0.1) is 11.1 Å². The molecule has 1 amide bonds. The van der Waals surface area contributed by atoms with Gasteiger partial charge in [0, 0.05) is 24.6 Å². The Morgan fingerprint density at radius 3 is 2.97 bits per heavy atom. The van der Waals surface area contributed by atoms with Crippen LogP contribution in [0.25, 0.3) is 11.0 Å². The van der Waals surface area contributed by atoms with Crippen LogP contribution in [-0.2, 0) is 4.74 Å². The Labute approximate surface area is 170 Å². The molecule has 8 heteroatoms. The summed E-state index contributed by atoms with van der Waals surface area (Å²) in [7, 11) is 0. The van der Waals surface area contributed by atoms with Crippen LogP contribution in [0.1, 0.15) is 23.2 Å². The second kappa shape index (κ2) is 8.23. The van der Waals surface area contributed by atoms with Crippen molar-refractivity contribution in [3.05, 3.63) is 64.4 Å². The summed E-state index contributed by atoms with van der Waals surface area (Å²) in [4.78, 5) is 17.0. The van der Waals surface area contributed by atoms with Crippen molar-refractivity contribution in [1.29, 1.82) is 0 Å². The number of carbonyl (C=O) groups excluding carboxylic acids is 1. The minimum Gasteiger partial charge on any atom is -0.508 e. The molecule has 0 spiro atoms. The molecule has 0 aliphatic carbocycles. The van der Waals surface area contributed by atoms with E-state index in [0.717, 1.165) is 12.8 Å². The number of nitrogens with zero attached hydrogens (tertiary/aromatic N) is 1. The van der Waals surface area contributed by atoms with Gasteiger partial charge in [-0.1, -0.05) is 17.7 Å². The van der Waals surface area contributed by atoms with Gasteiger partial charge in [0.25, 0.3) is 5.91 Å². The number of halogens is 2. The van der Waals surface area contributed by atoms with Crippen molar-refractivity contribution < 1.29 is 23.4 Å². The SMILES string of the molecule is O=C(NC[C@H]1CCCO1)c1cc2ccc(O)cc2oc1=Nc1cccc(Cl)c1F. The van der Waals surface area contributed by atoms with Crippen molar-refractivity contribution in [2.24, 2.45) is 4.99 Å². The largest absolute Gasteiger partial charge is 0.508 e. The summed E-state index contributed by atoms with van der Waals surface area (Å²) >= 11 is 5.83. The molecule has 0 unspecified atom stereocenters. The quantitative estimate of drug-likeness (QED) is 0.671. The Morgan fingerprint density at radius 1 is 1.31 bits per heavy atom. The van der Waals surface area contributed by atoms with Crippen molar-refractivity contribution in [3.63, 3.8) is 0 Å². The van der Waals surface area contributed by atoms with E-state index < -0.39 is 11.7 Å². The zero-order chi connectivity index (χ0) is 20.4. The van der Waals surface area contributed by atoms with Crippen molar-refractivity contribution in [3.8, 4) is 5.75 Å². The van der Waals surface area contributed by atoms with Gasteiger partial charge in [-0.15, -0.1) is 0 Å². The second-order valence-corrected chi connectivity index (χ2v) is 7.12. The van der Waals surface area contributed by atoms with Gasteiger partial charge in [-0.2, -0.15) is 0 Å². The number of phenolic OH excluding ortho intramolecular Hbond substituents is 1. The van der Waals surface area contributed by atoms with E-state index in [1.807, 2.05) is 0 Å². The standard InChI is InChI=1S/C21H18ClFN2O4/c22-16-4-1-5-17(19(16)23)25-21-15(20(27)24-11-14-3-2-8-28-14)9-12-6-7-13(26)10-18(12)29-21/h1,4-7,9-10,14,26H,2-3,8,11H2,(H,24,27)/t14-/m1/s1. The molecule has 6 nitrogen and oxygen atoms in total. The molecule has 0 saturated carbocycles. The molecule has 29 heavy (non-hydrogen) atoms. The first-order chi connectivity index (χ1) is 14.0. The highest BCUT2D eigenvalue weighted by Crippen LogP contribution is 2.25. The lowest BCUT2D eigenvalue weighted by Gasteiger charge is -2.11. The lowest BCUT2D eigenvalue weighted by Crippen LogP contribution is -2.34. The molecule has 2 aromatic carbocycles. The van der Waals surface area contributed by atoms with Crippen LogP contribution in [-0.4, -0.2) is 30.3 Å². The molecule has 1 aromatic heterocycles. The summed E-state index contributed by atoms with van der Waals surface area (Å²) < 4.78 is 25.6. The fourth-order valence-corrected chi connectivity index (χ4v) is 3.32. The highest BCUT2D eigenvalue weighted by atomic mass is 35.5. The molecule has 1 atom stereocenters. The Bertz CT molecular complexity index is 1140. The molecule has 0 bridgehead atoms. The van der Waals surface area contributed by atoms with Gasteiger partial charge in [0.1, 0.15) is 22.6 Å². The zero-order valence-electron chi connectivity index (χ0n) is 15.3. The third-order valence-corrected chi connectivity index (χ3v) is 4.94. The van der Waals surface area contributed by atoms with Gasteiger partial charge < -0.3 is 19.6 Å². The summed E-state index contributed by atoms with van der Waals surface area (Å²) in [6.07, 6.45) is 1.82. The predicted molar refractivity (Wildman–Crippen MR) is 106 cm³/mol. The number of hydrogen-bond donors (Lipinski definition) is 2. The lowest BCUT2D eigenvalue weighted by molar-refractivity contribution is 0.0854. The van der Waals surface area contributed by atoms with E-state index >= 15 is 0 Å². The highest BCUT2D eigenvalue weighted by molar-refractivity contribution is 6.31. The monoisotopic (exact) mass is 416 g/mol. The van der Waals surface area contributed by atoms with Crippen molar-refractivity contribution in [2.75, 3.05) is 13.2 Å². The Balaban J connectivity index is 1.79. The molecule has 2 N–H and O–H groups in total. The molecule has 150 valence electrons. The first-order valence-corrected chi connectivity index (χ1v) is 9.54. The Morgan fingerprint density at radius 2 is 2.17 bits per heavy atom. The smallest absolute Gasteiger partial charge is 0.256 e. The first kappa shape index (κ1) is 19.4. The van der Waals surface area contributed by atoms with E-state index in [0.29, 0.717) is 24.1 Å². The third-order valence-electron chi connectivity index (χ3n) is 4.65. The Kier molecular flexibility index (Phi) is 5.51. The molecule has 1 aliphatic rings. The van der Waals surface area contributed by atoms with Crippen LogP contribution in [0.2, 0.25) is 5.02 Å². The van der Waals surface area contributed by atoms with Gasteiger partial charge in [-0.05, 0) is 43.2 Å². The molecule has 2 heterocycles. The van der Waals surface area contributed by atoms with E-state index in [9.17, 15) is 14.3 Å². The zero-order valence-corrected chi connectivity index (χ0v) is 16.1. The van der Waals surface area contributed by atoms with E-state index in [1.165, 1.54) is 24.3 Å². The van der Waals surface area contributed by atoms with Crippen LogP contribution in [0.5, 0.6) is 5.75 Å². The van der Waals surface area contributed by atoms with Gasteiger partial charge in [0.2, 0.25) is 5.55 Å². The van der Waals surface area contributed by atoms with Crippen LogP contribution >= 0.6 is 11.6 Å². The highest BCUT2D eigenvalue weighted by Gasteiger charge is 2.19. The van der Waals surface area contributed by atoms with Crippen molar-refractivity contribution >= 4 is 34.2 Å². The fourth-order valence-electron chi connectivity index (χ4n) is 3.15. The van der Waals surface area contributed by atoms with Gasteiger partial charge in [-0.3, -0.25) is 4.79 Å². The molecule has 1 aliphatic heterocycles. The van der Waals surface area contributed by atoms with Gasteiger partial charge in [0.15, 0.2) is 5.82 Å². The maximum atomic E-state index is 14.3. The number of nitrogens with one attached hydrogen (secondary N) is 1. The van der Waals surface area contributed by atoms with Crippen LogP contribution in [0, 0.1) is 5.82 Å². The second-order valence-electron chi connectivity index (χ2n) is 6.72. The van der Waals surface area contributed by atoms with E-state index in [-0.39, 0.29) is 33.7 Å². The number of fused-ring (bicyclic) bond motifs is 1. The van der Waals surface area contributed by atoms with Crippen LogP contribution < -0.4 is 10.9 Å². The number of rotatable bonds is 4. The molecule has 0 radical (unpaired) electrons. The lowest BCUT2D eigenvalue weighted by atomic mass is 10.1. The molecule has 3 aromatic rings. The van der Waals surface area contributed by atoms with Crippen LogP contribution in [0.15, 0.2) is 51.9 Å². The molecule has 1 saturated heterocycles. The van der Waals surface area contributed by atoms with Crippen LogP contribution in [0.3, 0.4) is 0 Å². The number of hydrogen-bond acceptors (Lipinski definition) is 5. The summed E-state index contributed by atoms with van der Waals surface area (Å²) in [6.45, 7) is 1.04. The van der Waals surface area contributed by atoms with E-state index in [4.69, 9.17) is 20.8 Å². The maximum absolute atomic E-state index is 14.3. The summed E-state index contributed by atoms with van der Waals surface area (Å²) in [5, 5.41) is 13.0. The van der Waals surface area contributed by atoms with Crippen LogP contribution in [0.4, 0.5) is 10.1 Å². The van der Waals surface area contributed by atoms with Gasteiger partial charge in [-0.25, -0.2) is 9.38 Å². The van der Waals surface area contributed by atoms with E-state index in [2.05, 4.69) is 10.3 Å². The first-order valence-electron chi connectivity index (χ1n) is 9.16. The minimum atomic E-state index is -0.717. The van der Waals surface area contributed by atoms with Gasteiger partial charge >= 0.3 is 0 Å². The van der Waals surface area contributed by atoms with E-state index in [1.54, 1.807) is 18.2 Å². The fraction of sp³-hybridized carbons (Fsp3) is 0.238. The average molecular weight is 417 g/mol. The normalized spacial score (nSPS) is 17.0. The Hall–Kier alpha value is -2.90. The summed E-state index contributed by atoms with van der Waals surface area (Å²) in [5.74, 6) is -1.14. The summed E-state index contributed by atoms with van der Waals surface area (Å²) in [5.41, 5.74) is 0.297. The number of ether oxygens (including phenoxy) is 1. The molecular formula is C21H18ClFN2O4. The average Bonchev–Trinajstić information content (AvgIpc) is 3.23. The molecule has 4 rings (SSSR count). The number of amides is 1. The molecule has 1 fully saturated rings.